The molecule has 3 nitrogen and oxygen atoms in total. The van der Waals surface area contributed by atoms with E-state index >= 15 is 0 Å². The highest BCUT2D eigenvalue weighted by molar-refractivity contribution is 5.70. The summed E-state index contributed by atoms with van der Waals surface area (Å²) in [6, 6.07) is 0. The van der Waals surface area contributed by atoms with Gasteiger partial charge < -0.3 is 10.1 Å². The summed E-state index contributed by atoms with van der Waals surface area (Å²) in [6.45, 7) is 6.54. The monoisotopic (exact) mass is 254 g/mol. The van der Waals surface area contributed by atoms with Crippen LogP contribution in [-0.2, 0) is 9.53 Å². The summed E-state index contributed by atoms with van der Waals surface area (Å²) < 4.78 is 5.79. The average Bonchev–Trinajstić information content (AvgIpc) is 2.82. The molecule has 1 saturated heterocycles. The van der Waals surface area contributed by atoms with Gasteiger partial charge in [-0.3, -0.25) is 4.79 Å². The van der Waals surface area contributed by atoms with Crippen LogP contribution in [0.25, 0.3) is 0 Å². The number of hydrogen-bond acceptors (Lipinski definition) is 2. The Bertz CT molecular complexity index is 276. The molecule has 1 heterocycles. The van der Waals surface area contributed by atoms with Crippen LogP contribution in [0, 0.1) is 11.8 Å². The highest BCUT2D eigenvalue weighted by Crippen LogP contribution is 2.31. The summed E-state index contributed by atoms with van der Waals surface area (Å²) >= 11 is 0. The van der Waals surface area contributed by atoms with Crippen LogP contribution >= 0.6 is 0 Å². The predicted molar refractivity (Wildman–Crippen MR) is 71.1 cm³/mol. The minimum absolute atomic E-state index is 0.0291. The SMILES string of the molecule is CC(C)(OC(=O)CC1CCCC1)C1CC[NH2+]CC1. The molecule has 2 N–H and O–H groups in total. The molecule has 0 amide bonds. The standard InChI is InChI=1S/C15H27NO2/c1-15(2,13-7-9-16-10-8-13)18-14(17)11-12-5-3-4-6-12/h12-13,16H,3-11H2,1-2H3/p+1. The van der Waals surface area contributed by atoms with Crippen molar-refractivity contribution in [3.63, 3.8) is 0 Å². The minimum Gasteiger partial charge on any atom is -0.459 e. The zero-order chi connectivity index (χ0) is 13.0. The molecule has 0 unspecified atom stereocenters. The first-order valence-electron chi connectivity index (χ1n) is 7.61. The second-order valence-electron chi connectivity index (χ2n) is 6.57. The minimum atomic E-state index is -0.274. The number of esters is 1. The van der Waals surface area contributed by atoms with Crippen molar-refractivity contribution in [1.29, 1.82) is 0 Å². The molecule has 1 saturated carbocycles. The van der Waals surface area contributed by atoms with Gasteiger partial charge in [-0.05, 0) is 32.6 Å². The molecule has 104 valence electrons. The molecule has 1 aliphatic heterocycles. The van der Waals surface area contributed by atoms with Crippen LogP contribution in [0.15, 0.2) is 0 Å². The first-order valence-corrected chi connectivity index (χ1v) is 7.61. The Labute approximate surface area is 111 Å². The Balaban J connectivity index is 1.80. The van der Waals surface area contributed by atoms with Crippen LogP contribution in [0.3, 0.4) is 0 Å². The molecule has 1 aliphatic carbocycles. The van der Waals surface area contributed by atoms with Gasteiger partial charge in [0.1, 0.15) is 5.60 Å². The fourth-order valence-electron chi connectivity index (χ4n) is 3.49. The largest absolute Gasteiger partial charge is 0.459 e. The molecule has 0 spiro atoms. The molecule has 2 rings (SSSR count). The maximum absolute atomic E-state index is 12.0. The summed E-state index contributed by atoms with van der Waals surface area (Å²) in [5, 5.41) is 2.35. The molecular formula is C15H28NO2+. The Hall–Kier alpha value is -0.570. The predicted octanol–water partition coefficient (Wildman–Crippen LogP) is 1.86. The number of piperidine rings is 1. The zero-order valence-corrected chi connectivity index (χ0v) is 11.9. The van der Waals surface area contributed by atoms with E-state index in [0.717, 1.165) is 0 Å². The van der Waals surface area contributed by atoms with Crippen molar-refractivity contribution in [1.82, 2.24) is 0 Å². The number of carbonyl (C=O) groups excluding carboxylic acids is 1. The van der Waals surface area contributed by atoms with Crippen LogP contribution < -0.4 is 5.32 Å². The van der Waals surface area contributed by atoms with E-state index in [0.29, 0.717) is 18.3 Å². The Morgan fingerprint density at radius 1 is 1.17 bits per heavy atom. The molecule has 0 aromatic heterocycles. The molecule has 0 aromatic carbocycles. The van der Waals surface area contributed by atoms with E-state index in [1.54, 1.807) is 0 Å². The van der Waals surface area contributed by atoms with Gasteiger partial charge in [-0.1, -0.05) is 12.8 Å². The second-order valence-corrected chi connectivity index (χ2v) is 6.57. The van der Waals surface area contributed by atoms with Gasteiger partial charge in [-0.2, -0.15) is 0 Å². The fourth-order valence-corrected chi connectivity index (χ4v) is 3.49. The average molecular weight is 254 g/mol. The third-order valence-corrected chi connectivity index (χ3v) is 4.73. The van der Waals surface area contributed by atoms with Crippen molar-refractivity contribution in [3.05, 3.63) is 0 Å². The number of hydrogen-bond donors (Lipinski definition) is 1. The molecule has 2 fully saturated rings. The Morgan fingerprint density at radius 3 is 2.39 bits per heavy atom. The van der Waals surface area contributed by atoms with Crippen molar-refractivity contribution < 1.29 is 14.8 Å². The highest BCUT2D eigenvalue weighted by atomic mass is 16.6. The molecule has 0 atom stereocenters. The molecular weight excluding hydrogens is 226 g/mol. The lowest BCUT2D eigenvalue weighted by molar-refractivity contribution is -0.665. The van der Waals surface area contributed by atoms with E-state index in [2.05, 4.69) is 19.2 Å². The number of ether oxygens (including phenoxy) is 1. The number of carbonyl (C=O) groups is 1. The zero-order valence-electron chi connectivity index (χ0n) is 11.9. The molecule has 0 bridgehead atoms. The van der Waals surface area contributed by atoms with Gasteiger partial charge in [0.05, 0.1) is 13.1 Å². The topological polar surface area (TPSA) is 42.9 Å². The van der Waals surface area contributed by atoms with E-state index in [4.69, 9.17) is 4.74 Å². The lowest BCUT2D eigenvalue weighted by atomic mass is 9.83. The smallest absolute Gasteiger partial charge is 0.306 e. The van der Waals surface area contributed by atoms with Gasteiger partial charge in [0.2, 0.25) is 0 Å². The van der Waals surface area contributed by atoms with Crippen LogP contribution in [0.5, 0.6) is 0 Å². The van der Waals surface area contributed by atoms with Crippen LogP contribution in [0.4, 0.5) is 0 Å². The fraction of sp³-hybridized carbons (Fsp3) is 0.933. The van der Waals surface area contributed by atoms with Crippen molar-refractivity contribution in [3.8, 4) is 0 Å². The van der Waals surface area contributed by atoms with E-state index in [-0.39, 0.29) is 11.6 Å². The van der Waals surface area contributed by atoms with Gasteiger partial charge in [-0.15, -0.1) is 0 Å². The summed E-state index contributed by atoms with van der Waals surface area (Å²) in [5.74, 6) is 1.16. The maximum Gasteiger partial charge on any atom is 0.306 e. The Morgan fingerprint density at radius 2 is 1.78 bits per heavy atom. The number of quaternary nitrogens is 1. The van der Waals surface area contributed by atoms with Crippen molar-refractivity contribution in [2.75, 3.05) is 13.1 Å². The summed E-state index contributed by atoms with van der Waals surface area (Å²) in [5.41, 5.74) is -0.274. The molecule has 0 radical (unpaired) electrons. The molecule has 18 heavy (non-hydrogen) atoms. The lowest BCUT2D eigenvalue weighted by Crippen LogP contribution is -2.86. The summed E-state index contributed by atoms with van der Waals surface area (Å²) in [7, 11) is 0. The van der Waals surface area contributed by atoms with Crippen LogP contribution in [0.1, 0.15) is 58.8 Å². The summed E-state index contributed by atoms with van der Waals surface area (Å²) in [6.07, 6.45) is 8.00. The van der Waals surface area contributed by atoms with Crippen LogP contribution in [0.2, 0.25) is 0 Å². The third-order valence-electron chi connectivity index (χ3n) is 4.73. The third kappa shape index (κ3) is 3.71. The van der Waals surface area contributed by atoms with Crippen molar-refractivity contribution in [2.45, 2.75) is 64.4 Å². The van der Waals surface area contributed by atoms with Gasteiger partial charge in [0.25, 0.3) is 0 Å². The second kappa shape index (κ2) is 6.05. The number of rotatable bonds is 4. The van der Waals surface area contributed by atoms with Gasteiger partial charge >= 0.3 is 5.97 Å². The Kier molecular flexibility index (Phi) is 4.66. The van der Waals surface area contributed by atoms with E-state index in [1.165, 1.54) is 51.6 Å². The highest BCUT2D eigenvalue weighted by Gasteiger charge is 2.35. The summed E-state index contributed by atoms with van der Waals surface area (Å²) in [4.78, 5) is 12.0. The normalized spacial score (nSPS) is 23.2. The molecule has 2 aliphatic rings. The molecule has 3 heteroatoms. The first kappa shape index (κ1) is 13.9. The van der Waals surface area contributed by atoms with Crippen molar-refractivity contribution in [2.24, 2.45) is 11.8 Å². The van der Waals surface area contributed by atoms with E-state index in [1.807, 2.05) is 0 Å². The maximum atomic E-state index is 12.0. The van der Waals surface area contributed by atoms with Gasteiger partial charge in [0, 0.05) is 25.2 Å². The van der Waals surface area contributed by atoms with Crippen molar-refractivity contribution >= 4 is 5.97 Å². The van der Waals surface area contributed by atoms with E-state index in [9.17, 15) is 4.79 Å². The first-order chi connectivity index (χ1) is 8.58. The van der Waals surface area contributed by atoms with Crippen LogP contribution in [-0.4, -0.2) is 24.7 Å². The van der Waals surface area contributed by atoms with E-state index < -0.39 is 0 Å². The van der Waals surface area contributed by atoms with Gasteiger partial charge in [0.15, 0.2) is 0 Å². The lowest BCUT2D eigenvalue weighted by Gasteiger charge is -2.35. The van der Waals surface area contributed by atoms with Gasteiger partial charge in [-0.25, -0.2) is 0 Å². The number of nitrogens with two attached hydrogens (primary N) is 1. The quantitative estimate of drug-likeness (QED) is 0.778. The molecule has 0 aromatic rings.